The molecule has 3 aromatic rings. The van der Waals surface area contributed by atoms with Gasteiger partial charge in [0.1, 0.15) is 31.5 Å². The van der Waals surface area contributed by atoms with Crippen LogP contribution in [0.2, 0.25) is 0 Å². The number of esters is 1. The highest BCUT2D eigenvalue weighted by Crippen LogP contribution is 2.23. The first-order valence-electron chi connectivity index (χ1n) is 8.77. The molecule has 0 saturated heterocycles. The molecule has 0 unspecified atom stereocenters. The molecule has 1 heterocycles. The van der Waals surface area contributed by atoms with E-state index in [1.54, 1.807) is 6.92 Å². The first-order chi connectivity index (χ1) is 12.6. The smallest absolute Gasteiger partial charge is 0.310 e. The summed E-state index contributed by atoms with van der Waals surface area (Å²) in [5.74, 6) is 1.31. The molecule has 132 valence electrons. The summed E-state index contributed by atoms with van der Waals surface area (Å²) in [7, 11) is 6.11. The number of fused-ring (bicyclic) bond motifs is 1. The van der Waals surface area contributed by atoms with Crippen LogP contribution in [0.4, 0.5) is 0 Å². The molecule has 1 aromatic heterocycles. The Morgan fingerprint density at radius 2 is 1.96 bits per heavy atom. The van der Waals surface area contributed by atoms with Crippen molar-refractivity contribution in [3.63, 3.8) is 0 Å². The third kappa shape index (κ3) is 4.10. The number of hydrogen-bond donors (Lipinski definition) is 0. The van der Waals surface area contributed by atoms with Crippen LogP contribution in [-0.2, 0) is 29.0 Å². The number of furan rings is 1. The highest BCUT2D eigenvalue weighted by Gasteiger charge is 2.11. The Bertz CT molecular complexity index is 914. The zero-order valence-electron chi connectivity index (χ0n) is 15.1. The number of benzene rings is 2. The van der Waals surface area contributed by atoms with Gasteiger partial charge in [-0.25, -0.2) is 0 Å². The molecule has 0 aliphatic rings. The predicted octanol–water partition coefficient (Wildman–Crippen LogP) is 3.47. The summed E-state index contributed by atoms with van der Waals surface area (Å²) in [6.07, 6.45) is 1.01. The fraction of sp³-hybridized carbons (Fsp3) is 0.286. The van der Waals surface area contributed by atoms with E-state index in [2.05, 4.69) is 0 Å². The highest BCUT2D eigenvalue weighted by atomic mass is 16.5. The summed E-state index contributed by atoms with van der Waals surface area (Å²) >= 11 is 0. The van der Waals surface area contributed by atoms with E-state index in [0.717, 1.165) is 28.7 Å². The first kappa shape index (κ1) is 18.1. The van der Waals surface area contributed by atoms with Crippen molar-refractivity contribution in [3.8, 4) is 5.75 Å². The SMILES string of the molecule is [B]c1cc(COc2ccccc2CC(=O)OCC)cc2cc(CC)oc12. The molecule has 0 atom stereocenters. The standard InChI is InChI=1S/C21H21BO4/c1-3-17-11-16-9-14(10-18(22)21(16)26-17)13-25-19-8-6-5-7-15(19)12-20(23)24-4-2/h5-11H,3-4,12-13H2,1-2H3. The Morgan fingerprint density at radius 1 is 1.15 bits per heavy atom. The monoisotopic (exact) mass is 348 g/mol. The summed E-state index contributed by atoms with van der Waals surface area (Å²) < 4.78 is 16.7. The average molecular weight is 348 g/mol. The van der Waals surface area contributed by atoms with E-state index >= 15 is 0 Å². The molecular formula is C21H21BO4. The van der Waals surface area contributed by atoms with Crippen molar-refractivity contribution in [2.24, 2.45) is 0 Å². The normalized spacial score (nSPS) is 10.8. The number of rotatable bonds is 7. The van der Waals surface area contributed by atoms with Gasteiger partial charge in [-0.15, -0.1) is 0 Å². The van der Waals surface area contributed by atoms with Crippen LogP contribution >= 0.6 is 0 Å². The molecule has 0 aliphatic heterocycles. The highest BCUT2D eigenvalue weighted by molar-refractivity contribution is 6.38. The number of aryl methyl sites for hydroxylation is 1. The van der Waals surface area contributed by atoms with E-state index in [1.165, 1.54) is 0 Å². The van der Waals surface area contributed by atoms with Crippen LogP contribution < -0.4 is 10.2 Å². The topological polar surface area (TPSA) is 48.7 Å². The minimum atomic E-state index is -0.264. The summed E-state index contributed by atoms with van der Waals surface area (Å²) in [6, 6.07) is 13.4. The van der Waals surface area contributed by atoms with Gasteiger partial charge in [-0.3, -0.25) is 4.79 Å². The Labute approximate surface area is 154 Å². The minimum absolute atomic E-state index is 0.187. The van der Waals surface area contributed by atoms with Gasteiger partial charge in [0.05, 0.1) is 13.0 Å². The number of para-hydroxylation sites is 1. The van der Waals surface area contributed by atoms with Crippen molar-refractivity contribution >= 4 is 30.2 Å². The molecule has 0 bridgehead atoms. The molecule has 5 heteroatoms. The lowest BCUT2D eigenvalue weighted by atomic mass is 9.92. The second kappa shape index (κ2) is 8.13. The molecule has 2 aromatic carbocycles. The summed E-state index contributed by atoms with van der Waals surface area (Å²) in [6.45, 7) is 4.55. The molecule has 0 N–H and O–H groups in total. The van der Waals surface area contributed by atoms with Crippen LogP contribution in [0.1, 0.15) is 30.7 Å². The van der Waals surface area contributed by atoms with E-state index in [4.69, 9.17) is 21.7 Å². The van der Waals surface area contributed by atoms with E-state index in [9.17, 15) is 4.79 Å². The van der Waals surface area contributed by atoms with Crippen LogP contribution in [0, 0.1) is 0 Å². The van der Waals surface area contributed by atoms with Crippen LogP contribution in [0.5, 0.6) is 5.75 Å². The Balaban J connectivity index is 1.77. The quantitative estimate of drug-likeness (QED) is 0.485. The molecule has 0 spiro atoms. The molecule has 0 amide bonds. The third-order valence-corrected chi connectivity index (χ3v) is 4.11. The lowest BCUT2D eigenvalue weighted by Crippen LogP contribution is -2.10. The fourth-order valence-corrected chi connectivity index (χ4v) is 2.87. The predicted molar refractivity (Wildman–Crippen MR) is 102 cm³/mol. The maximum Gasteiger partial charge on any atom is 0.310 e. The van der Waals surface area contributed by atoms with Crippen molar-refractivity contribution in [3.05, 3.63) is 59.4 Å². The van der Waals surface area contributed by atoms with Crippen molar-refractivity contribution in [1.82, 2.24) is 0 Å². The van der Waals surface area contributed by atoms with Crippen LogP contribution in [0.3, 0.4) is 0 Å². The lowest BCUT2D eigenvalue weighted by Gasteiger charge is -2.12. The second-order valence-electron chi connectivity index (χ2n) is 6.05. The molecule has 0 aliphatic carbocycles. The van der Waals surface area contributed by atoms with Crippen molar-refractivity contribution in [2.75, 3.05) is 6.61 Å². The van der Waals surface area contributed by atoms with E-state index in [0.29, 0.717) is 30.0 Å². The summed E-state index contributed by atoms with van der Waals surface area (Å²) in [4.78, 5) is 11.8. The van der Waals surface area contributed by atoms with E-state index in [-0.39, 0.29) is 12.4 Å². The zero-order chi connectivity index (χ0) is 18.5. The third-order valence-electron chi connectivity index (χ3n) is 4.11. The molecular weight excluding hydrogens is 327 g/mol. The van der Waals surface area contributed by atoms with Crippen molar-refractivity contribution in [1.29, 1.82) is 0 Å². The molecule has 26 heavy (non-hydrogen) atoms. The second-order valence-corrected chi connectivity index (χ2v) is 6.05. The van der Waals surface area contributed by atoms with Gasteiger partial charge in [0.15, 0.2) is 0 Å². The van der Waals surface area contributed by atoms with E-state index in [1.807, 2.05) is 49.4 Å². The first-order valence-corrected chi connectivity index (χ1v) is 8.77. The number of carbonyl (C=O) groups is 1. The summed E-state index contributed by atoms with van der Waals surface area (Å²) in [5, 5.41) is 0.972. The minimum Gasteiger partial charge on any atom is -0.489 e. The van der Waals surface area contributed by atoms with Gasteiger partial charge >= 0.3 is 5.97 Å². The number of carbonyl (C=O) groups excluding carboxylic acids is 1. The van der Waals surface area contributed by atoms with Crippen LogP contribution in [0.15, 0.2) is 46.9 Å². The molecule has 2 radical (unpaired) electrons. The van der Waals surface area contributed by atoms with Gasteiger partial charge in [0.25, 0.3) is 0 Å². The van der Waals surface area contributed by atoms with Gasteiger partial charge in [0.2, 0.25) is 0 Å². The largest absolute Gasteiger partial charge is 0.489 e. The maximum atomic E-state index is 11.8. The Kier molecular flexibility index (Phi) is 5.66. The molecule has 4 nitrogen and oxygen atoms in total. The van der Waals surface area contributed by atoms with Gasteiger partial charge in [-0.2, -0.15) is 0 Å². The van der Waals surface area contributed by atoms with E-state index < -0.39 is 0 Å². The number of ether oxygens (including phenoxy) is 2. The lowest BCUT2D eigenvalue weighted by molar-refractivity contribution is -0.142. The van der Waals surface area contributed by atoms with Gasteiger partial charge < -0.3 is 13.9 Å². The number of hydrogen-bond acceptors (Lipinski definition) is 4. The van der Waals surface area contributed by atoms with Gasteiger partial charge in [-0.1, -0.05) is 36.7 Å². The zero-order valence-corrected chi connectivity index (χ0v) is 15.1. The fourth-order valence-electron chi connectivity index (χ4n) is 2.87. The molecule has 0 fully saturated rings. The average Bonchev–Trinajstić information content (AvgIpc) is 3.05. The summed E-state index contributed by atoms with van der Waals surface area (Å²) in [5.41, 5.74) is 3.06. The van der Waals surface area contributed by atoms with Crippen molar-refractivity contribution < 1.29 is 18.7 Å². The molecule has 3 rings (SSSR count). The van der Waals surface area contributed by atoms with Gasteiger partial charge in [0, 0.05) is 17.4 Å². The van der Waals surface area contributed by atoms with Gasteiger partial charge in [-0.05, 0) is 30.7 Å². The van der Waals surface area contributed by atoms with Crippen molar-refractivity contribution in [2.45, 2.75) is 33.3 Å². The Hall–Kier alpha value is -2.69. The van der Waals surface area contributed by atoms with Crippen LogP contribution in [-0.4, -0.2) is 20.4 Å². The molecule has 0 saturated carbocycles. The van der Waals surface area contributed by atoms with Crippen LogP contribution in [0.25, 0.3) is 11.0 Å². The Morgan fingerprint density at radius 3 is 2.73 bits per heavy atom. The maximum absolute atomic E-state index is 11.8.